The number of nitrogens with zero attached hydrogens (tertiary/aromatic N) is 4. The first-order valence-corrected chi connectivity index (χ1v) is 10.2. The molecule has 2 amide bonds. The van der Waals surface area contributed by atoms with Crippen LogP contribution in [0.15, 0.2) is 18.7 Å². The van der Waals surface area contributed by atoms with E-state index < -0.39 is 0 Å². The van der Waals surface area contributed by atoms with Crippen LogP contribution in [0.1, 0.15) is 37.6 Å². The van der Waals surface area contributed by atoms with Crippen LogP contribution >= 0.6 is 0 Å². The van der Waals surface area contributed by atoms with Crippen LogP contribution < -0.4 is 5.32 Å². The van der Waals surface area contributed by atoms with E-state index in [9.17, 15) is 9.59 Å². The molecule has 2 aromatic rings. The highest BCUT2D eigenvalue weighted by Gasteiger charge is 2.62. The number of nitrogens with one attached hydrogen (secondary N) is 1. The van der Waals surface area contributed by atoms with Crippen molar-refractivity contribution in [2.75, 3.05) is 13.1 Å². The summed E-state index contributed by atoms with van der Waals surface area (Å²) in [4.78, 5) is 36.1. The molecule has 3 aliphatic rings. The molecule has 5 rings (SSSR count). The molecule has 1 aliphatic heterocycles. The van der Waals surface area contributed by atoms with E-state index in [0.29, 0.717) is 29.2 Å². The molecule has 0 radical (unpaired) electrons. The zero-order valence-electron chi connectivity index (χ0n) is 16.8. The van der Waals surface area contributed by atoms with Gasteiger partial charge in [0.2, 0.25) is 5.91 Å². The van der Waals surface area contributed by atoms with E-state index >= 15 is 0 Å². The molecule has 1 saturated heterocycles. The zero-order chi connectivity index (χ0) is 19.8. The fraction of sp³-hybridized carbons (Fsp3) is 0.619. The third kappa shape index (κ3) is 2.48. The largest absolute Gasteiger partial charge is 0.348 e. The number of piperidine rings is 1. The first-order valence-electron chi connectivity index (χ1n) is 10.2. The van der Waals surface area contributed by atoms with Gasteiger partial charge < -0.3 is 14.8 Å². The minimum absolute atomic E-state index is 0.103. The zero-order valence-corrected chi connectivity index (χ0v) is 16.8. The van der Waals surface area contributed by atoms with Gasteiger partial charge in [-0.05, 0) is 17.8 Å². The summed E-state index contributed by atoms with van der Waals surface area (Å²) in [5, 5.41) is 3.16. The van der Waals surface area contributed by atoms with Gasteiger partial charge in [0.1, 0.15) is 5.52 Å². The number of rotatable bonds is 4. The van der Waals surface area contributed by atoms with Crippen LogP contribution in [-0.2, 0) is 11.8 Å². The molecule has 5 atom stereocenters. The van der Waals surface area contributed by atoms with Crippen molar-refractivity contribution in [2.24, 2.45) is 36.1 Å². The van der Waals surface area contributed by atoms with Gasteiger partial charge in [-0.15, -0.1) is 0 Å². The van der Waals surface area contributed by atoms with E-state index in [1.54, 1.807) is 18.7 Å². The standard InChI is InChI=1S/C21H27N5O2/c1-11(2)21(3)5-15(21)20(28)26-8-13-14(9-26)17(13)24-19(27)12-6-22-7-16-18(12)25(4)10-23-16/h6-7,10-11,13-15,17H,5,8-9H2,1-4H3,(H,24,27)/t13-,14+,15?,17?,21?. The Bertz CT molecular complexity index is 970. The third-order valence-electron chi connectivity index (χ3n) is 7.57. The monoisotopic (exact) mass is 381 g/mol. The summed E-state index contributed by atoms with van der Waals surface area (Å²) in [6.07, 6.45) is 5.98. The van der Waals surface area contributed by atoms with E-state index in [4.69, 9.17) is 0 Å². The Labute approximate surface area is 164 Å². The number of carbonyl (C=O) groups excluding carboxylic acids is 2. The Morgan fingerprint density at radius 2 is 1.96 bits per heavy atom. The molecule has 1 N–H and O–H groups in total. The third-order valence-corrected chi connectivity index (χ3v) is 7.57. The van der Waals surface area contributed by atoms with Crippen molar-refractivity contribution in [1.82, 2.24) is 24.8 Å². The number of hydrogen-bond donors (Lipinski definition) is 1. The quantitative estimate of drug-likeness (QED) is 0.876. The van der Waals surface area contributed by atoms with E-state index in [0.717, 1.165) is 30.5 Å². The van der Waals surface area contributed by atoms with E-state index in [-0.39, 0.29) is 23.3 Å². The van der Waals surface area contributed by atoms with Crippen LogP contribution in [0, 0.1) is 29.1 Å². The molecular formula is C21H27N5O2. The van der Waals surface area contributed by atoms with Crippen LogP contribution in [-0.4, -0.2) is 50.4 Å². The van der Waals surface area contributed by atoms with Gasteiger partial charge in [-0.1, -0.05) is 20.8 Å². The summed E-state index contributed by atoms with van der Waals surface area (Å²) in [6.45, 7) is 8.18. The number of hydrogen-bond acceptors (Lipinski definition) is 4. The average molecular weight is 381 g/mol. The van der Waals surface area contributed by atoms with Crippen molar-refractivity contribution in [3.63, 3.8) is 0 Å². The summed E-state index contributed by atoms with van der Waals surface area (Å²) in [5.41, 5.74) is 2.25. The predicted octanol–water partition coefficient (Wildman–Crippen LogP) is 1.84. The van der Waals surface area contributed by atoms with Crippen LogP contribution in [0.3, 0.4) is 0 Å². The maximum atomic E-state index is 12.8. The molecule has 0 bridgehead atoms. The summed E-state index contributed by atoms with van der Waals surface area (Å²) < 4.78 is 1.85. The van der Waals surface area contributed by atoms with Crippen molar-refractivity contribution in [3.05, 3.63) is 24.3 Å². The molecule has 7 heteroatoms. The van der Waals surface area contributed by atoms with E-state index in [2.05, 4.69) is 36.1 Å². The first-order chi connectivity index (χ1) is 13.3. The van der Waals surface area contributed by atoms with Crippen LogP contribution in [0.2, 0.25) is 0 Å². The molecule has 3 heterocycles. The fourth-order valence-electron chi connectivity index (χ4n) is 5.04. The number of amides is 2. The second kappa shape index (κ2) is 5.78. The minimum Gasteiger partial charge on any atom is -0.348 e. The molecule has 2 aliphatic carbocycles. The van der Waals surface area contributed by atoms with Crippen LogP contribution in [0.25, 0.3) is 11.0 Å². The van der Waals surface area contributed by atoms with Gasteiger partial charge in [-0.2, -0.15) is 0 Å². The lowest BCUT2D eigenvalue weighted by Crippen LogP contribution is -2.39. The second-order valence-corrected chi connectivity index (χ2v) is 9.40. The highest BCUT2D eigenvalue weighted by atomic mass is 16.2. The Balaban J connectivity index is 1.21. The van der Waals surface area contributed by atoms with Crippen molar-refractivity contribution < 1.29 is 9.59 Å². The summed E-state index contributed by atoms with van der Waals surface area (Å²) in [6, 6.07) is 0.163. The van der Waals surface area contributed by atoms with Crippen LogP contribution in [0.4, 0.5) is 0 Å². The average Bonchev–Trinajstić information content (AvgIpc) is 3.37. The minimum atomic E-state index is -0.103. The van der Waals surface area contributed by atoms with Crippen LogP contribution in [0.5, 0.6) is 0 Å². The van der Waals surface area contributed by atoms with Crippen molar-refractivity contribution in [2.45, 2.75) is 33.2 Å². The van der Waals surface area contributed by atoms with Gasteiger partial charge in [-0.25, -0.2) is 4.98 Å². The number of carbonyl (C=O) groups is 2. The van der Waals surface area contributed by atoms with E-state index in [1.165, 1.54) is 0 Å². The molecule has 0 spiro atoms. The number of likely N-dealkylation sites (tertiary alicyclic amines) is 1. The number of fused-ring (bicyclic) bond motifs is 2. The number of pyridine rings is 1. The highest BCUT2D eigenvalue weighted by Crippen LogP contribution is 2.59. The number of aromatic nitrogens is 3. The highest BCUT2D eigenvalue weighted by molar-refractivity contribution is 6.04. The molecule has 28 heavy (non-hydrogen) atoms. The van der Waals surface area contributed by atoms with Gasteiger partial charge in [0.25, 0.3) is 5.91 Å². The summed E-state index contributed by atoms with van der Waals surface area (Å²) in [5.74, 6) is 1.71. The topological polar surface area (TPSA) is 80.1 Å². The molecule has 2 aromatic heterocycles. The van der Waals surface area contributed by atoms with Crippen molar-refractivity contribution >= 4 is 22.8 Å². The maximum Gasteiger partial charge on any atom is 0.255 e. The first kappa shape index (κ1) is 17.6. The summed E-state index contributed by atoms with van der Waals surface area (Å²) in [7, 11) is 1.88. The van der Waals surface area contributed by atoms with Gasteiger partial charge in [0.05, 0.1) is 23.6 Å². The van der Waals surface area contributed by atoms with Gasteiger partial charge in [0.15, 0.2) is 0 Å². The second-order valence-electron chi connectivity index (χ2n) is 9.40. The van der Waals surface area contributed by atoms with Gasteiger partial charge >= 0.3 is 0 Å². The lowest BCUT2D eigenvalue weighted by atomic mass is 9.92. The van der Waals surface area contributed by atoms with E-state index in [1.807, 2.05) is 16.5 Å². The maximum absolute atomic E-state index is 12.8. The molecule has 148 valence electrons. The van der Waals surface area contributed by atoms with Crippen molar-refractivity contribution in [3.8, 4) is 0 Å². The molecule has 3 fully saturated rings. The Morgan fingerprint density at radius 1 is 1.25 bits per heavy atom. The SMILES string of the molecule is CC(C)C1(C)CC1C(=O)N1C[C@@H]2C(NC(=O)c3cncc4ncn(C)c34)[C@@H]2C1. The van der Waals surface area contributed by atoms with Gasteiger partial charge in [-0.3, -0.25) is 14.6 Å². The lowest BCUT2D eigenvalue weighted by molar-refractivity contribution is -0.133. The number of imidazole rings is 1. The Hall–Kier alpha value is -2.44. The smallest absolute Gasteiger partial charge is 0.255 e. The molecule has 3 unspecified atom stereocenters. The fourth-order valence-corrected chi connectivity index (χ4v) is 5.04. The molecule has 0 aromatic carbocycles. The Kier molecular flexibility index (Phi) is 3.64. The lowest BCUT2D eigenvalue weighted by Gasteiger charge is -2.23. The Morgan fingerprint density at radius 3 is 2.61 bits per heavy atom. The van der Waals surface area contributed by atoms with Crippen molar-refractivity contribution in [1.29, 1.82) is 0 Å². The predicted molar refractivity (Wildman–Crippen MR) is 104 cm³/mol. The van der Waals surface area contributed by atoms with Gasteiger partial charge in [0, 0.05) is 50.1 Å². The molecule has 2 saturated carbocycles. The molecular weight excluding hydrogens is 354 g/mol. The normalized spacial score (nSPS) is 33.2. The number of aryl methyl sites for hydroxylation is 1. The molecule has 7 nitrogen and oxygen atoms in total. The summed E-state index contributed by atoms with van der Waals surface area (Å²) >= 11 is 0.